The van der Waals surface area contributed by atoms with Gasteiger partial charge in [-0.1, -0.05) is 35.9 Å². The predicted molar refractivity (Wildman–Crippen MR) is 95.4 cm³/mol. The first kappa shape index (κ1) is 18.0. The summed E-state index contributed by atoms with van der Waals surface area (Å²) in [6.45, 7) is 5.56. The molecule has 0 radical (unpaired) electrons. The SMILES string of the molecule is Cc1ccc(CC(=O)OCC(=O)Nc2ccc(C)c(Cl)c2)cc1C. The quantitative estimate of drug-likeness (QED) is 0.833. The number of nitrogens with one attached hydrogen (secondary N) is 1. The molecule has 2 aromatic carbocycles. The number of rotatable bonds is 5. The molecule has 0 aliphatic rings. The minimum Gasteiger partial charge on any atom is -0.455 e. The molecule has 1 N–H and O–H groups in total. The van der Waals surface area contributed by atoms with Crippen molar-refractivity contribution in [1.29, 1.82) is 0 Å². The van der Waals surface area contributed by atoms with Crippen molar-refractivity contribution in [2.75, 3.05) is 11.9 Å². The Morgan fingerprint density at radius 2 is 1.71 bits per heavy atom. The van der Waals surface area contributed by atoms with Crippen LogP contribution in [0.2, 0.25) is 5.02 Å². The molecule has 0 atom stereocenters. The van der Waals surface area contributed by atoms with Gasteiger partial charge in [-0.2, -0.15) is 0 Å². The van der Waals surface area contributed by atoms with Gasteiger partial charge in [0.25, 0.3) is 5.91 Å². The summed E-state index contributed by atoms with van der Waals surface area (Å²) >= 11 is 6.00. The summed E-state index contributed by atoms with van der Waals surface area (Å²) in [6, 6.07) is 11.0. The van der Waals surface area contributed by atoms with Gasteiger partial charge >= 0.3 is 5.97 Å². The number of carbonyl (C=O) groups excluding carboxylic acids is 2. The van der Waals surface area contributed by atoms with E-state index in [0.29, 0.717) is 10.7 Å². The number of ether oxygens (including phenoxy) is 1. The van der Waals surface area contributed by atoms with Gasteiger partial charge in [-0.25, -0.2) is 0 Å². The summed E-state index contributed by atoms with van der Waals surface area (Å²) in [5, 5.41) is 3.21. The van der Waals surface area contributed by atoms with Crippen molar-refractivity contribution in [3.63, 3.8) is 0 Å². The zero-order valence-electron chi connectivity index (χ0n) is 14.0. The number of hydrogen-bond acceptors (Lipinski definition) is 3. The zero-order valence-corrected chi connectivity index (χ0v) is 14.7. The third-order valence-electron chi connectivity index (χ3n) is 3.74. The van der Waals surface area contributed by atoms with Crippen LogP contribution in [0.25, 0.3) is 0 Å². The highest BCUT2D eigenvalue weighted by Crippen LogP contribution is 2.19. The largest absolute Gasteiger partial charge is 0.455 e. The van der Waals surface area contributed by atoms with Gasteiger partial charge in [0.15, 0.2) is 6.61 Å². The Morgan fingerprint density at radius 3 is 2.38 bits per heavy atom. The van der Waals surface area contributed by atoms with E-state index >= 15 is 0 Å². The molecule has 0 saturated heterocycles. The average Bonchev–Trinajstić information content (AvgIpc) is 2.53. The van der Waals surface area contributed by atoms with Crippen molar-refractivity contribution in [3.8, 4) is 0 Å². The van der Waals surface area contributed by atoms with Gasteiger partial charge in [-0.3, -0.25) is 9.59 Å². The first-order valence-electron chi connectivity index (χ1n) is 7.63. The fourth-order valence-corrected chi connectivity index (χ4v) is 2.33. The maximum absolute atomic E-state index is 11.8. The highest BCUT2D eigenvalue weighted by atomic mass is 35.5. The van der Waals surface area contributed by atoms with Crippen LogP contribution in [0.15, 0.2) is 36.4 Å². The highest BCUT2D eigenvalue weighted by Gasteiger charge is 2.10. The maximum atomic E-state index is 11.8. The second-order valence-electron chi connectivity index (χ2n) is 5.77. The number of anilines is 1. The molecule has 2 aromatic rings. The van der Waals surface area contributed by atoms with E-state index in [0.717, 1.165) is 16.7 Å². The third-order valence-corrected chi connectivity index (χ3v) is 4.15. The van der Waals surface area contributed by atoms with Gasteiger partial charge in [0, 0.05) is 10.7 Å². The fourth-order valence-electron chi connectivity index (χ4n) is 2.14. The van der Waals surface area contributed by atoms with Gasteiger partial charge in [0.2, 0.25) is 0 Å². The predicted octanol–water partition coefficient (Wildman–Crippen LogP) is 3.99. The number of benzene rings is 2. The van der Waals surface area contributed by atoms with E-state index in [1.54, 1.807) is 12.1 Å². The molecule has 4 nitrogen and oxygen atoms in total. The molecule has 0 aliphatic heterocycles. The van der Waals surface area contributed by atoms with Crippen LogP contribution in [0.4, 0.5) is 5.69 Å². The van der Waals surface area contributed by atoms with Crippen LogP contribution in [0.3, 0.4) is 0 Å². The minimum atomic E-state index is -0.435. The van der Waals surface area contributed by atoms with E-state index in [-0.39, 0.29) is 13.0 Å². The standard InChI is InChI=1S/C19H20ClNO3/c1-12-4-6-15(8-14(12)3)9-19(23)24-11-18(22)21-16-7-5-13(2)17(20)10-16/h4-8,10H,9,11H2,1-3H3,(H,21,22). The monoisotopic (exact) mass is 345 g/mol. The summed E-state index contributed by atoms with van der Waals surface area (Å²) < 4.78 is 5.02. The molecule has 0 unspecified atom stereocenters. The number of aryl methyl sites for hydroxylation is 3. The molecule has 0 aromatic heterocycles. The molecular formula is C19H20ClNO3. The molecular weight excluding hydrogens is 326 g/mol. The lowest BCUT2D eigenvalue weighted by Crippen LogP contribution is -2.21. The Bertz CT molecular complexity index is 706. The van der Waals surface area contributed by atoms with Crippen LogP contribution in [-0.2, 0) is 20.7 Å². The maximum Gasteiger partial charge on any atom is 0.310 e. The van der Waals surface area contributed by atoms with E-state index < -0.39 is 11.9 Å². The Balaban J connectivity index is 1.83. The number of halogens is 1. The van der Waals surface area contributed by atoms with Crippen molar-refractivity contribution >= 4 is 29.2 Å². The van der Waals surface area contributed by atoms with E-state index in [1.807, 2.05) is 45.0 Å². The van der Waals surface area contributed by atoms with Gasteiger partial charge in [0.05, 0.1) is 6.42 Å². The van der Waals surface area contributed by atoms with Crippen molar-refractivity contribution in [2.24, 2.45) is 0 Å². The topological polar surface area (TPSA) is 55.4 Å². The molecule has 0 saturated carbocycles. The number of carbonyl (C=O) groups is 2. The Labute approximate surface area is 146 Å². The average molecular weight is 346 g/mol. The second kappa shape index (κ2) is 7.97. The number of hydrogen-bond donors (Lipinski definition) is 1. The van der Waals surface area contributed by atoms with Crippen LogP contribution in [0.5, 0.6) is 0 Å². The summed E-state index contributed by atoms with van der Waals surface area (Å²) in [7, 11) is 0. The first-order chi connectivity index (χ1) is 11.3. The van der Waals surface area contributed by atoms with Gasteiger partial charge in [0.1, 0.15) is 0 Å². The molecule has 126 valence electrons. The molecule has 0 heterocycles. The third kappa shape index (κ3) is 5.10. The molecule has 1 amide bonds. The Kier molecular flexibility index (Phi) is 5.99. The number of amides is 1. The Hall–Kier alpha value is -2.33. The van der Waals surface area contributed by atoms with E-state index in [9.17, 15) is 9.59 Å². The lowest BCUT2D eigenvalue weighted by atomic mass is 10.0. The molecule has 2 rings (SSSR count). The van der Waals surface area contributed by atoms with Crippen LogP contribution in [0.1, 0.15) is 22.3 Å². The van der Waals surface area contributed by atoms with Crippen LogP contribution in [-0.4, -0.2) is 18.5 Å². The van der Waals surface area contributed by atoms with Gasteiger partial charge in [-0.15, -0.1) is 0 Å². The summed E-state index contributed by atoms with van der Waals surface area (Å²) in [6.07, 6.45) is 0.144. The normalized spacial score (nSPS) is 10.3. The van der Waals surface area contributed by atoms with Crippen LogP contribution in [0, 0.1) is 20.8 Å². The second-order valence-corrected chi connectivity index (χ2v) is 6.18. The molecule has 0 bridgehead atoms. The van der Waals surface area contributed by atoms with E-state index in [2.05, 4.69) is 5.32 Å². The van der Waals surface area contributed by atoms with Crippen molar-refractivity contribution < 1.29 is 14.3 Å². The molecule has 0 spiro atoms. The lowest BCUT2D eigenvalue weighted by molar-refractivity contribution is -0.146. The molecule has 0 aliphatic carbocycles. The zero-order chi connectivity index (χ0) is 17.7. The van der Waals surface area contributed by atoms with Crippen molar-refractivity contribution in [2.45, 2.75) is 27.2 Å². The highest BCUT2D eigenvalue weighted by molar-refractivity contribution is 6.31. The van der Waals surface area contributed by atoms with Gasteiger partial charge < -0.3 is 10.1 Å². The molecule has 0 fully saturated rings. The van der Waals surface area contributed by atoms with Crippen molar-refractivity contribution in [3.05, 3.63) is 63.7 Å². The number of esters is 1. The smallest absolute Gasteiger partial charge is 0.310 e. The van der Waals surface area contributed by atoms with Crippen molar-refractivity contribution in [1.82, 2.24) is 0 Å². The lowest BCUT2D eigenvalue weighted by Gasteiger charge is -2.08. The first-order valence-corrected chi connectivity index (χ1v) is 8.00. The van der Waals surface area contributed by atoms with E-state index in [4.69, 9.17) is 16.3 Å². The summed E-state index contributed by atoms with van der Waals surface area (Å²) in [4.78, 5) is 23.7. The molecule has 24 heavy (non-hydrogen) atoms. The van der Waals surface area contributed by atoms with E-state index in [1.165, 1.54) is 5.56 Å². The van der Waals surface area contributed by atoms with Gasteiger partial charge in [-0.05, 0) is 55.2 Å². The summed E-state index contributed by atoms with van der Waals surface area (Å²) in [5.41, 5.74) is 4.65. The summed E-state index contributed by atoms with van der Waals surface area (Å²) in [5.74, 6) is -0.835. The molecule has 5 heteroatoms. The Morgan fingerprint density at radius 1 is 1.00 bits per heavy atom. The van der Waals surface area contributed by atoms with Crippen LogP contribution < -0.4 is 5.32 Å². The minimum absolute atomic E-state index is 0.144. The fraction of sp³-hybridized carbons (Fsp3) is 0.263. The van der Waals surface area contributed by atoms with Crippen LogP contribution >= 0.6 is 11.6 Å².